The number of hydrogen-bond acceptors (Lipinski definition) is 4. The summed E-state index contributed by atoms with van der Waals surface area (Å²) in [5.41, 5.74) is 5.41. The molecule has 0 N–H and O–H groups in total. The average molecular weight is 577 g/mol. The number of rotatable bonds is 11. The summed E-state index contributed by atoms with van der Waals surface area (Å²) in [6.45, 7) is 5.48. The van der Waals surface area contributed by atoms with Crippen molar-refractivity contribution in [3.05, 3.63) is 58.6 Å². The molecule has 1 aromatic heterocycles. The lowest BCUT2D eigenvalue weighted by molar-refractivity contribution is -0.870. The molecule has 0 aliphatic carbocycles. The van der Waals surface area contributed by atoms with Crippen molar-refractivity contribution in [1.82, 2.24) is 0 Å². The van der Waals surface area contributed by atoms with Gasteiger partial charge in [-0.25, -0.2) is 4.57 Å². The Morgan fingerprint density at radius 3 is 2.34 bits per heavy atom. The van der Waals surface area contributed by atoms with E-state index in [0.29, 0.717) is 0 Å². The van der Waals surface area contributed by atoms with Gasteiger partial charge in [-0.2, -0.15) is 0 Å². The summed E-state index contributed by atoms with van der Waals surface area (Å²) in [6.07, 6.45) is 7.13. The highest BCUT2D eigenvalue weighted by atomic mass is 32.2. The van der Waals surface area contributed by atoms with Crippen molar-refractivity contribution in [3.8, 4) is 5.75 Å². The van der Waals surface area contributed by atoms with Crippen molar-refractivity contribution in [3.63, 3.8) is 0 Å². The van der Waals surface area contributed by atoms with E-state index in [4.69, 9.17) is 4.74 Å². The Hall–Kier alpha value is -2.74. The minimum Gasteiger partial charge on any atom is -0.497 e. The summed E-state index contributed by atoms with van der Waals surface area (Å²) in [7, 11) is 17.7. The van der Waals surface area contributed by atoms with Crippen LogP contribution in [0, 0.1) is 0 Å². The molecule has 0 saturated carbocycles. The number of methoxy groups -OCH3 is 1. The largest absolute Gasteiger partial charge is 0.497 e. The maximum absolute atomic E-state index is 5.69. The fourth-order valence-electron chi connectivity index (χ4n) is 6.16. The number of aryl methyl sites for hydroxylation is 2. The molecule has 0 fully saturated rings. The fraction of sp³-hybridized carbons (Fsp3) is 0.500. The van der Waals surface area contributed by atoms with Crippen LogP contribution in [-0.2, 0) is 13.5 Å². The lowest BCUT2D eigenvalue weighted by Gasteiger charge is -2.28. The summed E-state index contributed by atoms with van der Waals surface area (Å²) in [4.78, 5) is 6.58. The SMILES string of the molecule is COc1ccc2c(C=C3Sc4cccc5c4N3CCC5)cc(N(CCC[N+](C)(C)C)CCC[N+](C)(C)C)[n+](C)c2c1. The van der Waals surface area contributed by atoms with E-state index < -0.39 is 0 Å². The van der Waals surface area contributed by atoms with E-state index in [0.717, 1.165) is 60.3 Å². The Labute approximate surface area is 252 Å². The first kappa shape index (κ1) is 29.7. The molecule has 0 radical (unpaired) electrons. The van der Waals surface area contributed by atoms with Gasteiger partial charge in [-0.05, 0) is 48.2 Å². The normalized spacial score (nSPS) is 16.0. The molecule has 0 saturated heterocycles. The number of pyridine rings is 1. The quantitative estimate of drug-likeness (QED) is 0.221. The lowest BCUT2D eigenvalue weighted by Crippen LogP contribution is -2.44. The number of fused-ring (bicyclic) bond motifs is 1. The van der Waals surface area contributed by atoms with Crippen LogP contribution in [0.1, 0.15) is 30.4 Å². The average Bonchev–Trinajstić information content (AvgIpc) is 3.27. The molecule has 0 bridgehead atoms. The summed E-state index contributed by atoms with van der Waals surface area (Å²) in [5.74, 6) is 2.18. The first-order valence-electron chi connectivity index (χ1n) is 15.1. The summed E-state index contributed by atoms with van der Waals surface area (Å²) >= 11 is 1.92. The van der Waals surface area contributed by atoms with Crippen LogP contribution in [0.4, 0.5) is 11.5 Å². The number of nitrogens with zero attached hydrogens (tertiary/aromatic N) is 5. The predicted molar refractivity (Wildman–Crippen MR) is 175 cm³/mol. The molecule has 0 unspecified atom stereocenters. The van der Waals surface area contributed by atoms with Crippen LogP contribution in [0.25, 0.3) is 17.0 Å². The van der Waals surface area contributed by atoms with Crippen molar-refractivity contribution in [2.75, 3.05) is 91.9 Å². The first-order chi connectivity index (χ1) is 19.4. The molecule has 0 atom stereocenters. The van der Waals surface area contributed by atoms with E-state index in [9.17, 15) is 0 Å². The Balaban J connectivity index is 1.58. The molecule has 2 aliphatic heterocycles. The second-order valence-electron chi connectivity index (χ2n) is 13.7. The Morgan fingerprint density at radius 1 is 0.976 bits per heavy atom. The van der Waals surface area contributed by atoms with Gasteiger partial charge in [-0.1, -0.05) is 23.9 Å². The van der Waals surface area contributed by atoms with Crippen LogP contribution < -0.4 is 19.1 Å². The summed E-state index contributed by atoms with van der Waals surface area (Å²) in [5, 5.41) is 2.60. The smallest absolute Gasteiger partial charge is 0.277 e. The molecule has 5 rings (SSSR count). The number of thioether (sulfide) groups is 1. The van der Waals surface area contributed by atoms with Gasteiger partial charge >= 0.3 is 0 Å². The third kappa shape index (κ3) is 6.85. The van der Waals surface area contributed by atoms with Crippen LogP contribution in [0.5, 0.6) is 5.75 Å². The third-order valence-electron chi connectivity index (χ3n) is 8.28. The molecule has 3 aromatic rings. The van der Waals surface area contributed by atoms with Crippen molar-refractivity contribution >= 4 is 40.2 Å². The third-order valence-corrected chi connectivity index (χ3v) is 9.38. The van der Waals surface area contributed by atoms with Crippen molar-refractivity contribution < 1.29 is 18.3 Å². The number of aromatic nitrogens is 1. The first-order valence-corrected chi connectivity index (χ1v) is 15.9. The molecular weight excluding hydrogens is 526 g/mol. The number of anilines is 2. The molecule has 0 spiro atoms. The standard InChI is InChI=1S/C34H50N5OS/c1-35-30-25-28(40-8)16-17-29(30)27(24-33-37-20-10-14-26-13-9-15-31(41-33)34(26)37)23-32(35)36(18-11-21-38(2,3)4)19-12-22-39(5,6)7/h9,13,15-17,23-25H,10-12,14,18-22H2,1-8H3/q+3. The van der Waals surface area contributed by atoms with Crippen LogP contribution in [0.2, 0.25) is 0 Å². The summed E-state index contributed by atoms with van der Waals surface area (Å²) < 4.78 is 10.1. The van der Waals surface area contributed by atoms with Gasteiger partial charge < -0.3 is 18.6 Å². The molecule has 3 heterocycles. The van der Waals surface area contributed by atoms with Gasteiger partial charge in [0, 0.05) is 41.8 Å². The monoisotopic (exact) mass is 576 g/mol. The van der Waals surface area contributed by atoms with Gasteiger partial charge in [-0.3, -0.25) is 4.90 Å². The lowest BCUT2D eigenvalue weighted by atomic mass is 10.0. The molecule has 220 valence electrons. The minimum atomic E-state index is 0.897. The zero-order valence-corrected chi connectivity index (χ0v) is 27.4. The van der Waals surface area contributed by atoms with Gasteiger partial charge in [0.1, 0.15) is 11.3 Å². The van der Waals surface area contributed by atoms with Crippen molar-refractivity contribution in [1.29, 1.82) is 0 Å². The molecule has 7 heteroatoms. The number of para-hydroxylation sites is 1. The highest BCUT2D eigenvalue weighted by Crippen LogP contribution is 2.50. The number of quaternary nitrogens is 2. The maximum atomic E-state index is 5.69. The molecular formula is C34H50N5OS+3. The van der Waals surface area contributed by atoms with Crippen molar-refractivity contribution in [2.24, 2.45) is 7.05 Å². The van der Waals surface area contributed by atoms with E-state index in [2.05, 4.69) is 112 Å². The predicted octanol–water partition coefficient (Wildman–Crippen LogP) is 5.53. The molecule has 0 amide bonds. The highest BCUT2D eigenvalue weighted by Gasteiger charge is 2.31. The van der Waals surface area contributed by atoms with E-state index in [1.54, 1.807) is 7.11 Å². The Morgan fingerprint density at radius 2 is 1.68 bits per heavy atom. The number of ether oxygens (including phenoxy) is 1. The Kier molecular flexibility index (Phi) is 8.61. The maximum Gasteiger partial charge on any atom is 0.277 e. The van der Waals surface area contributed by atoms with Crippen LogP contribution in [0.15, 0.2) is 52.4 Å². The Bertz CT molecular complexity index is 1420. The van der Waals surface area contributed by atoms with Gasteiger partial charge in [-0.15, -0.1) is 0 Å². The second kappa shape index (κ2) is 11.9. The highest BCUT2D eigenvalue weighted by molar-refractivity contribution is 8.03. The van der Waals surface area contributed by atoms with Crippen LogP contribution in [-0.4, -0.2) is 91.1 Å². The molecule has 6 nitrogen and oxygen atoms in total. The van der Waals surface area contributed by atoms with Gasteiger partial charge in [0.25, 0.3) is 5.82 Å². The number of hydrogen-bond donors (Lipinski definition) is 0. The van der Waals surface area contributed by atoms with E-state index in [1.165, 1.54) is 56.3 Å². The zero-order chi connectivity index (χ0) is 29.4. The molecule has 2 aliphatic rings. The summed E-state index contributed by atoms with van der Waals surface area (Å²) in [6, 6.07) is 15.8. The van der Waals surface area contributed by atoms with Crippen molar-refractivity contribution in [2.45, 2.75) is 30.6 Å². The van der Waals surface area contributed by atoms with Crippen LogP contribution >= 0.6 is 11.8 Å². The number of benzene rings is 2. The fourth-order valence-corrected chi connectivity index (χ4v) is 7.35. The van der Waals surface area contributed by atoms with E-state index in [-0.39, 0.29) is 0 Å². The van der Waals surface area contributed by atoms with E-state index >= 15 is 0 Å². The van der Waals surface area contributed by atoms with E-state index in [1.807, 2.05) is 11.8 Å². The zero-order valence-electron chi connectivity index (χ0n) is 26.5. The van der Waals surface area contributed by atoms with Gasteiger partial charge in [0.05, 0.1) is 93.3 Å². The van der Waals surface area contributed by atoms with Gasteiger partial charge in [0.15, 0.2) is 0 Å². The topological polar surface area (TPSA) is 19.6 Å². The second-order valence-corrected chi connectivity index (χ2v) is 14.8. The molecule has 2 aromatic carbocycles. The van der Waals surface area contributed by atoms with Gasteiger partial charge in [0.2, 0.25) is 0 Å². The molecule has 41 heavy (non-hydrogen) atoms. The van der Waals surface area contributed by atoms with Crippen LogP contribution in [0.3, 0.4) is 0 Å². The minimum absolute atomic E-state index is 0.897.